The first-order valence-corrected chi connectivity index (χ1v) is 10.7. The van der Waals surface area contributed by atoms with Crippen LogP contribution in [-0.2, 0) is 13.1 Å². The Hall–Kier alpha value is -1.38. The average molecular weight is 389 g/mol. The van der Waals surface area contributed by atoms with Gasteiger partial charge < -0.3 is 9.80 Å². The highest BCUT2D eigenvalue weighted by molar-refractivity contribution is 7.07. The highest BCUT2D eigenvalue weighted by atomic mass is 32.1. The summed E-state index contributed by atoms with van der Waals surface area (Å²) in [5.74, 6) is 0. The second kappa shape index (κ2) is 10.8. The Kier molecular flexibility index (Phi) is 8.16. The monoisotopic (exact) mass is 388 g/mol. The number of likely N-dealkylation sites (N-methyl/N-ethyl adjacent to an activating group) is 2. The summed E-state index contributed by atoms with van der Waals surface area (Å²) in [6.45, 7) is 11.5. The summed E-state index contributed by atoms with van der Waals surface area (Å²) in [4.78, 5) is 18.1. The van der Waals surface area contributed by atoms with Crippen LogP contribution in [0, 0.1) is 0 Å². The first-order chi connectivity index (χ1) is 13.2. The molecule has 7 heteroatoms. The van der Waals surface area contributed by atoms with E-state index in [4.69, 9.17) is 0 Å². The van der Waals surface area contributed by atoms with Crippen LogP contribution in [0.3, 0.4) is 0 Å². The van der Waals surface area contributed by atoms with Crippen LogP contribution >= 0.6 is 11.3 Å². The zero-order chi connectivity index (χ0) is 18.9. The van der Waals surface area contributed by atoms with Gasteiger partial charge in [-0.1, -0.05) is 6.07 Å². The Morgan fingerprint density at radius 2 is 1.52 bits per heavy atom. The molecule has 2 aliphatic rings. The van der Waals surface area contributed by atoms with Gasteiger partial charge in [0.05, 0.1) is 11.2 Å². The third-order valence-electron chi connectivity index (χ3n) is 5.19. The van der Waals surface area contributed by atoms with Crippen molar-refractivity contribution in [2.24, 2.45) is 0 Å². The number of nitrogens with zero attached hydrogens (tertiary/aromatic N) is 6. The molecule has 0 N–H and O–H groups in total. The third-order valence-corrected chi connectivity index (χ3v) is 5.83. The molecule has 0 bridgehead atoms. The minimum absolute atomic E-state index is 1.03. The normalized spacial score (nSPS) is 20.2. The van der Waals surface area contributed by atoms with Crippen molar-refractivity contribution in [1.29, 1.82) is 0 Å². The Labute approximate surface area is 167 Å². The number of hydrogen-bond acceptors (Lipinski definition) is 7. The van der Waals surface area contributed by atoms with Crippen LogP contribution in [0.25, 0.3) is 0 Å². The van der Waals surface area contributed by atoms with Crippen molar-refractivity contribution in [1.82, 2.24) is 29.6 Å². The molecule has 0 atom stereocenters. The van der Waals surface area contributed by atoms with Crippen molar-refractivity contribution < 1.29 is 0 Å². The fraction of sp³-hybridized carbons (Fsp3) is 0.600. The van der Waals surface area contributed by atoms with Crippen molar-refractivity contribution in [3.8, 4) is 0 Å². The van der Waals surface area contributed by atoms with E-state index in [-0.39, 0.29) is 0 Å². The smallest absolute Gasteiger partial charge is 0.0795 e. The molecule has 148 valence electrons. The first-order valence-electron chi connectivity index (χ1n) is 9.77. The Morgan fingerprint density at radius 1 is 0.889 bits per heavy atom. The molecule has 2 aliphatic heterocycles. The first kappa shape index (κ1) is 20.4. The molecule has 0 spiro atoms. The number of aromatic nitrogens is 2. The van der Waals surface area contributed by atoms with E-state index < -0.39 is 0 Å². The van der Waals surface area contributed by atoms with Gasteiger partial charge in [-0.15, -0.1) is 11.3 Å². The van der Waals surface area contributed by atoms with Crippen LogP contribution in [0.2, 0.25) is 0 Å². The maximum atomic E-state index is 4.29. The SMILES string of the molecule is CN1CCN(Cc2cccnc2)CC1.CN1CCN(Cc2cscn2)CC1. The molecule has 4 rings (SSSR count). The van der Waals surface area contributed by atoms with Gasteiger partial charge in [-0.2, -0.15) is 0 Å². The zero-order valence-corrected chi connectivity index (χ0v) is 17.4. The standard InChI is InChI=1S/C11H17N3.C9H15N3S/c1-13-5-7-14(8-6-13)10-11-3-2-4-12-9-11;1-11-2-4-12(5-3-11)6-9-7-13-8-10-9/h2-4,9H,5-8,10H2,1H3;7-8H,2-6H2,1H3. The molecule has 0 radical (unpaired) electrons. The summed E-state index contributed by atoms with van der Waals surface area (Å²) in [5, 5.41) is 2.14. The van der Waals surface area contributed by atoms with Crippen molar-refractivity contribution in [3.05, 3.63) is 46.7 Å². The molecule has 0 aliphatic carbocycles. The highest BCUT2D eigenvalue weighted by Crippen LogP contribution is 2.08. The van der Waals surface area contributed by atoms with Gasteiger partial charge in [0.25, 0.3) is 0 Å². The number of piperazine rings is 2. The molecule has 6 nitrogen and oxygen atoms in total. The molecule has 27 heavy (non-hydrogen) atoms. The molecule has 2 saturated heterocycles. The van der Waals surface area contributed by atoms with Crippen LogP contribution in [-0.4, -0.2) is 96.0 Å². The minimum atomic E-state index is 1.03. The Balaban J connectivity index is 0.000000156. The van der Waals surface area contributed by atoms with Gasteiger partial charge in [-0.25, -0.2) is 4.98 Å². The molecular formula is C20H32N6S. The fourth-order valence-corrected chi connectivity index (χ4v) is 3.86. The molecule has 0 amide bonds. The van der Waals surface area contributed by atoms with E-state index in [0.29, 0.717) is 0 Å². The molecule has 2 aromatic heterocycles. The quantitative estimate of drug-likeness (QED) is 0.794. The number of thiazole rings is 1. The highest BCUT2D eigenvalue weighted by Gasteiger charge is 2.14. The zero-order valence-electron chi connectivity index (χ0n) is 16.6. The number of hydrogen-bond donors (Lipinski definition) is 0. The largest absolute Gasteiger partial charge is 0.304 e. The topological polar surface area (TPSA) is 38.7 Å². The van der Waals surface area contributed by atoms with Gasteiger partial charge in [-0.05, 0) is 25.7 Å². The molecule has 0 saturated carbocycles. The number of pyridine rings is 1. The van der Waals surface area contributed by atoms with Crippen LogP contribution < -0.4 is 0 Å². The van der Waals surface area contributed by atoms with Gasteiger partial charge in [0.2, 0.25) is 0 Å². The predicted octanol–water partition coefficient (Wildman–Crippen LogP) is 1.72. The third kappa shape index (κ3) is 7.27. The van der Waals surface area contributed by atoms with Gasteiger partial charge in [0, 0.05) is 83.2 Å². The van der Waals surface area contributed by atoms with Crippen LogP contribution in [0.5, 0.6) is 0 Å². The van der Waals surface area contributed by atoms with Crippen LogP contribution in [0.15, 0.2) is 35.4 Å². The van der Waals surface area contributed by atoms with Gasteiger partial charge in [0.1, 0.15) is 0 Å². The lowest BCUT2D eigenvalue weighted by Crippen LogP contribution is -2.43. The Morgan fingerprint density at radius 3 is 2.04 bits per heavy atom. The molecule has 0 unspecified atom stereocenters. The minimum Gasteiger partial charge on any atom is -0.304 e. The molecule has 0 aromatic carbocycles. The van der Waals surface area contributed by atoms with Crippen LogP contribution in [0.1, 0.15) is 11.3 Å². The second-order valence-corrected chi connectivity index (χ2v) is 8.22. The van der Waals surface area contributed by atoms with Gasteiger partial charge in [0.15, 0.2) is 0 Å². The van der Waals surface area contributed by atoms with E-state index in [9.17, 15) is 0 Å². The van der Waals surface area contributed by atoms with E-state index in [1.165, 1.54) is 63.6 Å². The molecule has 4 heterocycles. The molecule has 2 aromatic rings. The number of rotatable bonds is 4. The van der Waals surface area contributed by atoms with E-state index in [1.807, 2.05) is 24.0 Å². The predicted molar refractivity (Wildman–Crippen MR) is 112 cm³/mol. The van der Waals surface area contributed by atoms with E-state index in [1.54, 1.807) is 11.3 Å². The van der Waals surface area contributed by atoms with Crippen molar-refractivity contribution >= 4 is 11.3 Å². The second-order valence-electron chi connectivity index (χ2n) is 7.50. The Bertz CT molecular complexity index is 619. The van der Waals surface area contributed by atoms with Crippen molar-refractivity contribution in [3.63, 3.8) is 0 Å². The van der Waals surface area contributed by atoms with E-state index in [2.05, 4.69) is 55.1 Å². The lowest BCUT2D eigenvalue weighted by atomic mass is 10.2. The summed E-state index contributed by atoms with van der Waals surface area (Å²) in [6.07, 6.45) is 3.78. The van der Waals surface area contributed by atoms with Crippen molar-refractivity contribution in [2.45, 2.75) is 13.1 Å². The lowest BCUT2D eigenvalue weighted by molar-refractivity contribution is 0.147. The summed E-state index contributed by atoms with van der Waals surface area (Å²) < 4.78 is 0. The van der Waals surface area contributed by atoms with Gasteiger partial charge in [-0.3, -0.25) is 14.8 Å². The fourth-order valence-electron chi connectivity index (χ4n) is 3.31. The lowest BCUT2D eigenvalue weighted by Gasteiger charge is -2.32. The maximum absolute atomic E-state index is 4.29. The van der Waals surface area contributed by atoms with Crippen molar-refractivity contribution in [2.75, 3.05) is 66.5 Å². The summed E-state index contributed by atoms with van der Waals surface area (Å²) in [5.41, 5.74) is 4.44. The molecular weight excluding hydrogens is 356 g/mol. The van der Waals surface area contributed by atoms with Gasteiger partial charge >= 0.3 is 0 Å². The summed E-state index contributed by atoms with van der Waals surface area (Å²) in [7, 11) is 4.36. The van der Waals surface area contributed by atoms with Crippen LogP contribution in [0.4, 0.5) is 0 Å². The van der Waals surface area contributed by atoms with E-state index in [0.717, 1.165) is 13.1 Å². The average Bonchev–Trinajstić information content (AvgIpc) is 3.20. The maximum Gasteiger partial charge on any atom is 0.0795 e. The summed E-state index contributed by atoms with van der Waals surface area (Å²) in [6, 6.07) is 4.15. The van der Waals surface area contributed by atoms with E-state index >= 15 is 0 Å². The molecule has 2 fully saturated rings. The summed E-state index contributed by atoms with van der Waals surface area (Å²) >= 11 is 1.68.